The Hall–Kier alpha value is -1.44. The molecule has 3 N–H and O–H groups in total. The Morgan fingerprint density at radius 2 is 1.87 bits per heavy atom. The van der Waals surface area contributed by atoms with Gasteiger partial charge in [-0.1, -0.05) is 0 Å². The van der Waals surface area contributed by atoms with E-state index in [1.54, 1.807) is 7.05 Å². The Kier molecular flexibility index (Phi) is 5.44. The summed E-state index contributed by atoms with van der Waals surface area (Å²) in [5.74, 6) is 0.261. The molecule has 0 radical (unpaired) electrons. The molecule has 1 aliphatic rings. The number of carbonyl (C=O) groups is 1. The molecule has 0 bridgehead atoms. The second-order valence-electron chi connectivity index (χ2n) is 6.29. The third-order valence-electron chi connectivity index (χ3n) is 4.28. The molecular formula is C16H25N3O3S. The van der Waals surface area contributed by atoms with Gasteiger partial charge in [-0.05, 0) is 56.9 Å². The van der Waals surface area contributed by atoms with E-state index in [9.17, 15) is 13.2 Å². The lowest BCUT2D eigenvalue weighted by Gasteiger charge is -2.21. The smallest absolute Gasteiger partial charge is 0.251 e. The van der Waals surface area contributed by atoms with E-state index in [1.807, 2.05) is 13.8 Å². The van der Waals surface area contributed by atoms with Crippen molar-refractivity contribution in [2.75, 3.05) is 13.6 Å². The van der Waals surface area contributed by atoms with Gasteiger partial charge in [0.15, 0.2) is 0 Å². The van der Waals surface area contributed by atoms with Gasteiger partial charge in [0, 0.05) is 31.2 Å². The molecular weight excluding hydrogens is 314 g/mol. The first-order chi connectivity index (χ1) is 10.8. The molecule has 1 aromatic carbocycles. The minimum Gasteiger partial charge on any atom is -0.348 e. The van der Waals surface area contributed by atoms with Gasteiger partial charge in [0.2, 0.25) is 10.0 Å². The average molecular weight is 339 g/mol. The van der Waals surface area contributed by atoms with Gasteiger partial charge in [0.1, 0.15) is 0 Å². The van der Waals surface area contributed by atoms with Crippen LogP contribution in [0.25, 0.3) is 0 Å². The van der Waals surface area contributed by atoms with E-state index in [-0.39, 0.29) is 22.9 Å². The summed E-state index contributed by atoms with van der Waals surface area (Å²) in [4.78, 5) is 12.4. The van der Waals surface area contributed by atoms with Gasteiger partial charge in [-0.3, -0.25) is 4.79 Å². The van der Waals surface area contributed by atoms with Crippen molar-refractivity contribution >= 4 is 15.9 Å². The number of amides is 1. The van der Waals surface area contributed by atoms with Gasteiger partial charge in [-0.15, -0.1) is 0 Å². The maximum Gasteiger partial charge on any atom is 0.251 e. The second kappa shape index (κ2) is 6.98. The van der Waals surface area contributed by atoms with Crippen LogP contribution in [-0.2, 0) is 10.0 Å². The lowest BCUT2D eigenvalue weighted by molar-refractivity contribution is 0.0933. The summed E-state index contributed by atoms with van der Waals surface area (Å²) in [5.41, 5.74) is 6.12. The number of hydrogen-bond donors (Lipinski definition) is 2. The van der Waals surface area contributed by atoms with E-state index in [0.717, 1.165) is 12.8 Å². The van der Waals surface area contributed by atoms with Crippen LogP contribution in [0.2, 0.25) is 0 Å². The molecule has 1 saturated carbocycles. The highest BCUT2D eigenvalue weighted by Crippen LogP contribution is 2.32. The predicted octanol–water partition coefficient (Wildman–Crippen LogP) is 1.18. The van der Waals surface area contributed by atoms with Crippen molar-refractivity contribution < 1.29 is 13.2 Å². The third-order valence-corrected chi connectivity index (χ3v) is 6.33. The van der Waals surface area contributed by atoms with Gasteiger partial charge >= 0.3 is 0 Å². The van der Waals surface area contributed by atoms with Gasteiger partial charge in [0.05, 0.1) is 4.90 Å². The molecule has 7 heteroatoms. The van der Waals surface area contributed by atoms with Crippen LogP contribution in [0.3, 0.4) is 0 Å². The summed E-state index contributed by atoms with van der Waals surface area (Å²) in [6, 6.07) is 5.88. The van der Waals surface area contributed by atoms with E-state index in [1.165, 1.54) is 28.6 Å². The molecule has 1 unspecified atom stereocenters. The highest BCUT2D eigenvalue weighted by Gasteiger charge is 2.31. The van der Waals surface area contributed by atoms with Crippen molar-refractivity contribution in [1.29, 1.82) is 0 Å². The van der Waals surface area contributed by atoms with Gasteiger partial charge < -0.3 is 11.1 Å². The summed E-state index contributed by atoms with van der Waals surface area (Å²) in [5, 5.41) is 2.92. The standard InChI is InChI=1S/C16H25N3O3S/c1-11(2)19(3)23(21,22)14-8-6-13(7-9-14)16(20)18-15(10-17)12-4-5-12/h6-9,11-12,15H,4-5,10,17H2,1-3H3,(H,18,20). The summed E-state index contributed by atoms with van der Waals surface area (Å²) in [6.07, 6.45) is 2.20. The first-order valence-electron chi connectivity index (χ1n) is 7.86. The van der Waals surface area contributed by atoms with Crippen LogP contribution in [0, 0.1) is 5.92 Å². The summed E-state index contributed by atoms with van der Waals surface area (Å²) in [7, 11) is -1.99. The van der Waals surface area contributed by atoms with Crippen LogP contribution in [0.5, 0.6) is 0 Å². The number of sulfonamides is 1. The topological polar surface area (TPSA) is 92.5 Å². The maximum absolute atomic E-state index is 12.4. The van der Waals surface area contributed by atoms with Crippen molar-refractivity contribution in [2.24, 2.45) is 11.7 Å². The number of nitrogens with two attached hydrogens (primary N) is 1. The highest BCUT2D eigenvalue weighted by atomic mass is 32.2. The van der Waals surface area contributed by atoms with Crippen LogP contribution < -0.4 is 11.1 Å². The van der Waals surface area contributed by atoms with Crippen molar-refractivity contribution in [3.63, 3.8) is 0 Å². The number of nitrogens with one attached hydrogen (secondary N) is 1. The van der Waals surface area contributed by atoms with Crippen LogP contribution in [0.4, 0.5) is 0 Å². The Bertz CT molecular complexity index is 652. The molecule has 1 aromatic rings. The predicted molar refractivity (Wildman–Crippen MR) is 89.6 cm³/mol. The molecule has 0 heterocycles. The van der Waals surface area contributed by atoms with E-state index in [4.69, 9.17) is 5.73 Å². The Morgan fingerprint density at radius 3 is 2.30 bits per heavy atom. The van der Waals surface area contributed by atoms with E-state index in [0.29, 0.717) is 18.0 Å². The van der Waals surface area contributed by atoms with Crippen LogP contribution in [0.1, 0.15) is 37.0 Å². The van der Waals surface area contributed by atoms with Gasteiger partial charge in [-0.2, -0.15) is 4.31 Å². The molecule has 0 aliphatic heterocycles. The lowest BCUT2D eigenvalue weighted by atomic mass is 10.1. The van der Waals surface area contributed by atoms with Crippen molar-refractivity contribution in [3.05, 3.63) is 29.8 Å². The molecule has 0 aromatic heterocycles. The number of rotatable bonds is 7. The molecule has 1 aliphatic carbocycles. The quantitative estimate of drug-likeness (QED) is 0.780. The first kappa shape index (κ1) is 17.9. The number of nitrogens with zero attached hydrogens (tertiary/aromatic N) is 1. The number of carbonyl (C=O) groups excluding carboxylic acids is 1. The minimum atomic E-state index is -3.53. The van der Waals surface area contributed by atoms with E-state index in [2.05, 4.69) is 5.32 Å². The SMILES string of the molecule is CC(C)N(C)S(=O)(=O)c1ccc(C(=O)NC(CN)C2CC2)cc1. The van der Waals surface area contributed by atoms with Gasteiger partial charge in [-0.25, -0.2) is 8.42 Å². The van der Waals surface area contributed by atoms with Crippen molar-refractivity contribution in [3.8, 4) is 0 Å². The summed E-state index contributed by atoms with van der Waals surface area (Å²) >= 11 is 0. The molecule has 1 atom stereocenters. The Balaban J connectivity index is 2.11. The zero-order valence-corrected chi connectivity index (χ0v) is 14.6. The number of benzene rings is 1. The fourth-order valence-electron chi connectivity index (χ4n) is 2.34. The van der Waals surface area contributed by atoms with Crippen LogP contribution in [0.15, 0.2) is 29.2 Å². The molecule has 1 amide bonds. The first-order valence-corrected chi connectivity index (χ1v) is 9.30. The van der Waals surface area contributed by atoms with Crippen molar-refractivity contribution in [1.82, 2.24) is 9.62 Å². The largest absolute Gasteiger partial charge is 0.348 e. The monoisotopic (exact) mass is 339 g/mol. The van der Waals surface area contributed by atoms with Crippen LogP contribution in [-0.4, -0.2) is 44.3 Å². The van der Waals surface area contributed by atoms with Crippen molar-refractivity contribution in [2.45, 2.75) is 43.7 Å². The molecule has 1 fully saturated rings. The second-order valence-corrected chi connectivity index (χ2v) is 8.29. The van der Waals surface area contributed by atoms with E-state index < -0.39 is 10.0 Å². The number of hydrogen-bond acceptors (Lipinski definition) is 4. The maximum atomic E-state index is 12.4. The fraction of sp³-hybridized carbons (Fsp3) is 0.562. The zero-order valence-electron chi connectivity index (χ0n) is 13.8. The van der Waals surface area contributed by atoms with Crippen LogP contribution >= 0.6 is 0 Å². The highest BCUT2D eigenvalue weighted by molar-refractivity contribution is 7.89. The van der Waals surface area contributed by atoms with Gasteiger partial charge in [0.25, 0.3) is 5.91 Å². The normalized spacial score (nSPS) is 16.6. The molecule has 2 rings (SSSR count). The fourth-order valence-corrected chi connectivity index (χ4v) is 3.71. The summed E-state index contributed by atoms with van der Waals surface area (Å²) in [6.45, 7) is 4.04. The van der Waals surface area contributed by atoms with E-state index >= 15 is 0 Å². The average Bonchev–Trinajstić information content (AvgIpc) is 3.36. The molecule has 23 heavy (non-hydrogen) atoms. The Labute approximate surface area is 138 Å². The molecule has 0 spiro atoms. The minimum absolute atomic E-state index is 0.00187. The third kappa shape index (κ3) is 4.10. The summed E-state index contributed by atoms with van der Waals surface area (Å²) < 4.78 is 26.1. The molecule has 6 nitrogen and oxygen atoms in total. The molecule has 128 valence electrons. The lowest BCUT2D eigenvalue weighted by Crippen LogP contribution is -2.41. The molecule has 0 saturated heterocycles. The Morgan fingerprint density at radius 1 is 1.30 bits per heavy atom. The zero-order chi connectivity index (χ0) is 17.2.